The van der Waals surface area contributed by atoms with Gasteiger partial charge >= 0.3 is 0 Å². The smallest absolute Gasteiger partial charge is 0.0463 e. The van der Waals surface area contributed by atoms with Crippen LogP contribution in [0.1, 0.15) is 218 Å². The number of unbranched alkanes of at least 4 members (excludes halogenated alkanes) is 1. The summed E-state index contributed by atoms with van der Waals surface area (Å²) in [5, 5.41) is 0. The number of hydrogen-bond donors (Lipinski definition) is 0. The van der Waals surface area contributed by atoms with Crippen LogP contribution in [0.2, 0.25) is 0 Å². The van der Waals surface area contributed by atoms with E-state index in [0.717, 1.165) is 53.4 Å². The second-order valence-electron chi connectivity index (χ2n) is 28.2. The lowest BCUT2D eigenvalue weighted by Crippen LogP contribution is -2.30. The summed E-state index contributed by atoms with van der Waals surface area (Å²) in [6.07, 6.45) is 15.2. The minimum atomic E-state index is -0.0154. The zero-order valence-corrected chi connectivity index (χ0v) is 57.1. The Morgan fingerprint density at radius 1 is 0.300 bits per heavy atom. The standard InChI is InChI=1S/C88H104N2/c1-14-21-24-66-27-50-80-82-52-37-72(55-86(82)88(84(80)53-66,58-62(10)17-4)59-63(11)18-5)70-34-44-76(45-35-70)90(74-40-30-68(31-41-74)65(13)20-7)78-48-46-77(47-49-78)89(73-38-28-67(29-39-73)64(12)19-6)75-42-32-69(33-43-75)71-36-51-81-79-25-22-23-26-83(79)87(85(81)54-71,56-60(8)15-2)57-61(9)16-3/h22-23,25-55,60-65H,14-21,24,56-59H2,1-13H3. The van der Waals surface area contributed by atoms with Gasteiger partial charge in [-0.2, -0.15) is 0 Å². The van der Waals surface area contributed by atoms with Crippen molar-refractivity contribution in [2.75, 3.05) is 9.80 Å². The zero-order valence-electron chi connectivity index (χ0n) is 57.1. The quantitative estimate of drug-likeness (QED) is 0.0506. The Morgan fingerprint density at radius 3 is 0.978 bits per heavy atom. The van der Waals surface area contributed by atoms with Gasteiger partial charge in [-0.3, -0.25) is 0 Å². The molecule has 9 aromatic carbocycles. The molecule has 11 rings (SSSR count). The molecule has 90 heavy (non-hydrogen) atoms. The molecule has 2 heteroatoms. The van der Waals surface area contributed by atoms with Gasteiger partial charge in [-0.25, -0.2) is 0 Å². The molecule has 0 aliphatic heterocycles. The van der Waals surface area contributed by atoms with Gasteiger partial charge in [0.15, 0.2) is 0 Å². The number of fused-ring (bicyclic) bond motifs is 6. The maximum absolute atomic E-state index is 2.63. The van der Waals surface area contributed by atoms with E-state index in [1.807, 2.05) is 0 Å². The number of anilines is 6. The molecule has 0 amide bonds. The average Bonchev–Trinajstić information content (AvgIpc) is 1.61. The number of nitrogens with zero attached hydrogens (tertiary/aromatic N) is 2. The summed E-state index contributed by atoms with van der Waals surface area (Å²) in [7, 11) is 0. The normalized spacial score (nSPS) is 17.6. The largest absolute Gasteiger partial charge is 0.311 e. The highest BCUT2D eigenvalue weighted by atomic mass is 15.2. The van der Waals surface area contributed by atoms with Crippen molar-refractivity contribution >= 4 is 34.1 Å². The molecule has 6 atom stereocenters. The Labute approximate surface area is 544 Å². The molecule has 2 aliphatic rings. The Hall–Kier alpha value is -7.42. The van der Waals surface area contributed by atoms with Crippen molar-refractivity contribution in [2.45, 2.75) is 196 Å². The SMILES string of the molecule is CCCCc1ccc2c(c1)C(CC(C)CC)(CC(C)CC)c1cc(-c3ccc(N(c4ccc(C(C)CC)cc4)c4ccc(N(c5ccc(-c6ccc7c(c6)C(CC(C)CC)(CC(C)CC)c6ccccc6-7)cc5)c5ccc(C(C)CC)cc5)cc4)cc3)ccc1-2. The van der Waals surface area contributed by atoms with E-state index in [1.54, 1.807) is 5.56 Å². The van der Waals surface area contributed by atoms with Gasteiger partial charge in [0, 0.05) is 45.0 Å². The summed E-state index contributed by atoms with van der Waals surface area (Å²) in [5.41, 5.74) is 28.0. The predicted molar refractivity (Wildman–Crippen MR) is 391 cm³/mol. The van der Waals surface area contributed by atoms with Crippen LogP contribution in [0.5, 0.6) is 0 Å². The van der Waals surface area contributed by atoms with Crippen molar-refractivity contribution in [2.24, 2.45) is 23.7 Å². The third-order valence-electron chi connectivity index (χ3n) is 22.0. The van der Waals surface area contributed by atoms with E-state index in [9.17, 15) is 0 Å². The van der Waals surface area contributed by atoms with Gasteiger partial charge in [0.05, 0.1) is 0 Å². The predicted octanol–water partition coefficient (Wildman–Crippen LogP) is 26.6. The van der Waals surface area contributed by atoms with Crippen molar-refractivity contribution in [3.05, 3.63) is 239 Å². The Kier molecular flexibility index (Phi) is 19.9. The second-order valence-corrected chi connectivity index (χ2v) is 28.2. The lowest BCUT2D eigenvalue weighted by Gasteiger charge is -2.37. The maximum atomic E-state index is 2.63. The number of hydrogen-bond acceptors (Lipinski definition) is 2. The van der Waals surface area contributed by atoms with Crippen molar-refractivity contribution in [1.82, 2.24) is 0 Å². The van der Waals surface area contributed by atoms with Crippen molar-refractivity contribution in [3.63, 3.8) is 0 Å². The second kappa shape index (κ2) is 28.0. The summed E-state index contributed by atoms with van der Waals surface area (Å²) in [6, 6.07) is 78.5. The molecule has 0 bridgehead atoms. The first-order valence-electron chi connectivity index (χ1n) is 35.3. The van der Waals surface area contributed by atoms with Crippen molar-refractivity contribution < 1.29 is 0 Å². The van der Waals surface area contributed by atoms with Crippen LogP contribution in [-0.2, 0) is 17.3 Å². The van der Waals surface area contributed by atoms with Gasteiger partial charge in [0.2, 0.25) is 0 Å². The molecule has 0 N–H and O–H groups in total. The molecular formula is C88H104N2. The van der Waals surface area contributed by atoms with Crippen LogP contribution >= 0.6 is 0 Å². The third-order valence-corrected chi connectivity index (χ3v) is 22.0. The molecular weight excluding hydrogens is 1080 g/mol. The number of aryl methyl sites for hydroxylation is 1. The molecule has 0 saturated carbocycles. The Morgan fingerprint density at radius 2 is 0.611 bits per heavy atom. The summed E-state index contributed by atoms with van der Waals surface area (Å²) in [4.78, 5) is 4.89. The summed E-state index contributed by atoms with van der Waals surface area (Å²) in [6.45, 7) is 30.9. The molecule has 0 fully saturated rings. The van der Waals surface area contributed by atoms with Gasteiger partial charge in [0.1, 0.15) is 0 Å². The van der Waals surface area contributed by atoms with Crippen LogP contribution in [0.25, 0.3) is 44.5 Å². The molecule has 0 aromatic heterocycles. The molecule has 0 spiro atoms. The summed E-state index contributed by atoms with van der Waals surface area (Å²) < 4.78 is 0. The first-order chi connectivity index (χ1) is 43.7. The van der Waals surface area contributed by atoms with Gasteiger partial charge in [-0.05, 0) is 255 Å². The summed E-state index contributed by atoms with van der Waals surface area (Å²) >= 11 is 0. The highest BCUT2D eigenvalue weighted by Gasteiger charge is 2.46. The van der Waals surface area contributed by atoms with E-state index in [4.69, 9.17) is 0 Å². The van der Waals surface area contributed by atoms with Gasteiger partial charge in [0.25, 0.3) is 0 Å². The van der Waals surface area contributed by atoms with Gasteiger partial charge in [-0.15, -0.1) is 0 Å². The van der Waals surface area contributed by atoms with E-state index in [0.29, 0.717) is 35.5 Å². The van der Waals surface area contributed by atoms with E-state index in [-0.39, 0.29) is 10.8 Å². The van der Waals surface area contributed by atoms with Crippen LogP contribution in [0, 0.1) is 23.7 Å². The van der Waals surface area contributed by atoms with E-state index in [2.05, 4.69) is 300 Å². The van der Waals surface area contributed by atoms with Crippen LogP contribution in [0.4, 0.5) is 34.1 Å². The highest BCUT2D eigenvalue weighted by Crippen LogP contribution is 2.58. The first kappa shape index (κ1) is 64.1. The highest BCUT2D eigenvalue weighted by molar-refractivity contribution is 5.88. The lowest BCUT2D eigenvalue weighted by molar-refractivity contribution is 0.308. The third kappa shape index (κ3) is 12.7. The lowest BCUT2D eigenvalue weighted by atomic mass is 9.66. The molecule has 466 valence electrons. The number of rotatable bonds is 27. The van der Waals surface area contributed by atoms with Crippen LogP contribution < -0.4 is 9.80 Å². The topological polar surface area (TPSA) is 6.48 Å². The molecule has 2 aliphatic carbocycles. The van der Waals surface area contributed by atoms with Gasteiger partial charge < -0.3 is 9.80 Å². The minimum Gasteiger partial charge on any atom is -0.311 e. The fraction of sp³-hybridized carbons (Fsp3) is 0.386. The molecule has 0 heterocycles. The molecule has 2 nitrogen and oxygen atoms in total. The first-order valence-corrected chi connectivity index (χ1v) is 35.3. The van der Waals surface area contributed by atoms with E-state index in [1.165, 1.54) is 142 Å². The maximum Gasteiger partial charge on any atom is 0.0463 e. The van der Waals surface area contributed by atoms with E-state index >= 15 is 0 Å². The fourth-order valence-corrected chi connectivity index (χ4v) is 15.5. The molecule has 0 radical (unpaired) electrons. The Bertz CT molecular complexity index is 3800. The van der Waals surface area contributed by atoms with Crippen LogP contribution in [0.3, 0.4) is 0 Å². The molecule has 6 unspecified atom stereocenters. The molecule has 9 aromatic rings. The van der Waals surface area contributed by atoms with Crippen LogP contribution in [-0.4, -0.2) is 0 Å². The summed E-state index contributed by atoms with van der Waals surface area (Å²) in [5.74, 6) is 3.46. The number of benzene rings is 9. The molecule has 0 saturated heterocycles. The minimum absolute atomic E-state index is 0.00385. The van der Waals surface area contributed by atoms with Crippen molar-refractivity contribution in [3.8, 4) is 44.5 Å². The van der Waals surface area contributed by atoms with Gasteiger partial charge in [-0.1, -0.05) is 237 Å². The van der Waals surface area contributed by atoms with Crippen molar-refractivity contribution in [1.29, 1.82) is 0 Å². The average molecular weight is 1190 g/mol. The van der Waals surface area contributed by atoms with E-state index < -0.39 is 0 Å². The Balaban J connectivity index is 0.956. The fourth-order valence-electron chi connectivity index (χ4n) is 15.5. The van der Waals surface area contributed by atoms with Crippen LogP contribution in [0.15, 0.2) is 200 Å². The monoisotopic (exact) mass is 1190 g/mol. The zero-order chi connectivity index (χ0) is 63.3.